The first-order valence-electron chi connectivity index (χ1n) is 13.7. The molecule has 0 aliphatic carbocycles. The average molecular weight is 577 g/mol. The maximum absolute atomic E-state index is 11.1. The number of nitrogens with one attached hydrogen (secondary N) is 4. The van der Waals surface area contributed by atoms with E-state index in [0.717, 1.165) is 52.4 Å². The summed E-state index contributed by atoms with van der Waals surface area (Å²) in [5.41, 5.74) is 0. The van der Waals surface area contributed by atoms with Crippen molar-refractivity contribution in [2.24, 2.45) is 0 Å². The van der Waals surface area contributed by atoms with Crippen molar-refractivity contribution < 1.29 is 39.6 Å². The molecule has 2 aliphatic heterocycles. The zero-order chi connectivity index (χ0) is 29.6. The summed E-state index contributed by atoms with van der Waals surface area (Å²) in [4.78, 5) is 50.9. The third-order valence-corrected chi connectivity index (χ3v) is 6.28. The number of carboxylic acids is 4. The Hall–Kier alpha value is -2.44. The highest BCUT2D eigenvalue weighted by Crippen LogP contribution is 2.01. The van der Waals surface area contributed by atoms with Crippen LogP contribution in [0.15, 0.2) is 0 Å². The summed E-state index contributed by atoms with van der Waals surface area (Å²) < 4.78 is 0. The fourth-order valence-corrected chi connectivity index (χ4v) is 4.18. The van der Waals surface area contributed by atoms with Crippen molar-refractivity contribution in [3.05, 3.63) is 0 Å². The van der Waals surface area contributed by atoms with Crippen LogP contribution in [0.5, 0.6) is 0 Å². The third kappa shape index (κ3) is 20.5. The Morgan fingerprint density at radius 2 is 0.525 bits per heavy atom. The Morgan fingerprint density at radius 1 is 0.375 bits per heavy atom. The molecule has 0 amide bonds. The van der Waals surface area contributed by atoms with Gasteiger partial charge in [0.25, 0.3) is 0 Å². The van der Waals surface area contributed by atoms with Gasteiger partial charge in [-0.15, -0.1) is 0 Å². The fraction of sp³-hybridized carbons (Fsp3) is 0.833. The SMILES string of the molecule is C1CNCCNCCNCCN1.O=C(O)CN1CCN(CC(=O)O)CCN(CC(=O)O)CCN(CC(=O)O)CC1. The van der Waals surface area contributed by atoms with Gasteiger partial charge in [0.05, 0.1) is 26.2 Å². The molecule has 2 rings (SSSR count). The minimum Gasteiger partial charge on any atom is -0.480 e. The average Bonchev–Trinajstić information content (AvgIpc) is 2.85. The van der Waals surface area contributed by atoms with Gasteiger partial charge in [0.15, 0.2) is 0 Å². The van der Waals surface area contributed by atoms with Gasteiger partial charge in [0, 0.05) is 105 Å². The van der Waals surface area contributed by atoms with E-state index in [1.807, 2.05) is 0 Å². The van der Waals surface area contributed by atoms with Crippen LogP contribution in [-0.2, 0) is 19.2 Å². The van der Waals surface area contributed by atoms with Gasteiger partial charge in [0.1, 0.15) is 0 Å². The molecule has 0 aromatic carbocycles. The number of carbonyl (C=O) groups is 4. The minimum atomic E-state index is -1.02. The zero-order valence-corrected chi connectivity index (χ0v) is 23.4. The van der Waals surface area contributed by atoms with E-state index < -0.39 is 23.9 Å². The van der Waals surface area contributed by atoms with Crippen LogP contribution in [-0.4, -0.2) is 195 Å². The molecule has 232 valence electrons. The van der Waals surface area contributed by atoms with Crippen LogP contribution in [0.25, 0.3) is 0 Å². The largest absolute Gasteiger partial charge is 0.480 e. The predicted molar refractivity (Wildman–Crippen MR) is 148 cm³/mol. The summed E-state index contributed by atoms with van der Waals surface area (Å²) >= 11 is 0. The standard InChI is InChI=1S/C16H28N4O8.C8H20N4/c21-13(22)9-17-1-2-18(10-14(23)24)5-6-20(12-16(27)28)8-7-19(4-3-17)11-15(25)26;1-2-10-5-6-12-8-7-11-4-3-9-1/h1-12H2,(H,21,22)(H,23,24)(H,25,26)(H,27,28);9-12H,1-8H2. The molecular formula is C24H48N8O8. The Kier molecular flexibility index (Phi) is 19.8. The number of nitrogens with zero attached hydrogens (tertiary/aromatic N) is 4. The molecule has 16 heteroatoms. The van der Waals surface area contributed by atoms with Crippen LogP contribution >= 0.6 is 0 Å². The van der Waals surface area contributed by atoms with Crippen molar-refractivity contribution in [3.8, 4) is 0 Å². The lowest BCUT2D eigenvalue weighted by molar-refractivity contribution is -0.141. The second-order valence-corrected chi connectivity index (χ2v) is 9.68. The smallest absolute Gasteiger partial charge is 0.317 e. The molecule has 0 atom stereocenters. The topological polar surface area (TPSA) is 210 Å². The van der Waals surface area contributed by atoms with Crippen molar-refractivity contribution >= 4 is 23.9 Å². The summed E-state index contributed by atoms with van der Waals surface area (Å²) in [6.07, 6.45) is 0. The molecule has 0 saturated carbocycles. The normalized spacial score (nSPS) is 20.8. The highest BCUT2D eigenvalue weighted by molar-refractivity contribution is 5.70. The summed E-state index contributed by atoms with van der Waals surface area (Å²) in [7, 11) is 0. The van der Waals surface area contributed by atoms with Crippen LogP contribution in [0.1, 0.15) is 0 Å². The summed E-state index contributed by atoms with van der Waals surface area (Å²) in [5.74, 6) is -4.08. The van der Waals surface area contributed by atoms with Gasteiger partial charge >= 0.3 is 23.9 Å². The second kappa shape index (κ2) is 22.3. The number of rotatable bonds is 8. The predicted octanol–water partition coefficient (Wildman–Crippen LogP) is -4.10. The maximum Gasteiger partial charge on any atom is 0.317 e. The number of hydrogen-bond donors (Lipinski definition) is 8. The van der Waals surface area contributed by atoms with E-state index in [0.29, 0.717) is 52.4 Å². The van der Waals surface area contributed by atoms with Gasteiger partial charge < -0.3 is 41.7 Å². The zero-order valence-electron chi connectivity index (χ0n) is 23.4. The molecule has 40 heavy (non-hydrogen) atoms. The molecule has 0 radical (unpaired) electrons. The van der Waals surface area contributed by atoms with E-state index in [9.17, 15) is 19.2 Å². The molecule has 2 saturated heterocycles. The molecule has 0 unspecified atom stereocenters. The minimum absolute atomic E-state index is 0.229. The van der Waals surface area contributed by atoms with Crippen LogP contribution in [0.4, 0.5) is 0 Å². The summed E-state index contributed by atoms with van der Waals surface area (Å²) in [6, 6.07) is 0. The molecule has 2 aliphatic rings. The first kappa shape index (κ1) is 35.6. The van der Waals surface area contributed by atoms with Crippen molar-refractivity contribution in [3.63, 3.8) is 0 Å². The van der Waals surface area contributed by atoms with Crippen molar-refractivity contribution in [2.45, 2.75) is 0 Å². The lowest BCUT2D eigenvalue weighted by Crippen LogP contribution is -2.49. The third-order valence-electron chi connectivity index (χ3n) is 6.28. The van der Waals surface area contributed by atoms with Gasteiger partial charge in [-0.25, -0.2) is 0 Å². The first-order chi connectivity index (χ1) is 19.2. The summed E-state index contributed by atoms with van der Waals surface area (Å²) in [5, 5.41) is 49.7. The lowest BCUT2D eigenvalue weighted by atomic mass is 10.3. The highest BCUT2D eigenvalue weighted by atomic mass is 16.4. The number of hydrogen-bond acceptors (Lipinski definition) is 12. The van der Waals surface area contributed by atoms with Crippen molar-refractivity contribution in [2.75, 3.05) is 131 Å². The maximum atomic E-state index is 11.1. The fourth-order valence-electron chi connectivity index (χ4n) is 4.18. The van der Waals surface area contributed by atoms with Crippen molar-refractivity contribution in [1.29, 1.82) is 0 Å². The molecule has 2 fully saturated rings. The van der Waals surface area contributed by atoms with Gasteiger partial charge in [0.2, 0.25) is 0 Å². The van der Waals surface area contributed by atoms with Crippen LogP contribution < -0.4 is 21.3 Å². The monoisotopic (exact) mass is 576 g/mol. The van der Waals surface area contributed by atoms with E-state index in [4.69, 9.17) is 20.4 Å². The highest BCUT2D eigenvalue weighted by Gasteiger charge is 2.20. The molecule has 0 aromatic rings. The van der Waals surface area contributed by atoms with Gasteiger partial charge in [-0.2, -0.15) is 0 Å². The molecule has 0 bridgehead atoms. The number of aliphatic carboxylic acids is 4. The first-order valence-corrected chi connectivity index (χ1v) is 13.7. The second-order valence-electron chi connectivity index (χ2n) is 9.68. The quantitative estimate of drug-likeness (QED) is 0.138. The van der Waals surface area contributed by atoms with Crippen molar-refractivity contribution in [1.82, 2.24) is 40.9 Å². The molecule has 2 heterocycles. The number of carboxylic acid groups (broad SMARTS) is 4. The molecular weight excluding hydrogens is 528 g/mol. The Balaban J connectivity index is 0.000000552. The lowest BCUT2D eigenvalue weighted by Gasteiger charge is -2.32. The van der Waals surface area contributed by atoms with E-state index in [1.165, 1.54) is 0 Å². The Labute approximate surface area is 235 Å². The van der Waals surface area contributed by atoms with E-state index in [-0.39, 0.29) is 26.2 Å². The summed E-state index contributed by atoms with van der Waals surface area (Å²) in [6.45, 7) is 10.1. The van der Waals surface area contributed by atoms with Gasteiger partial charge in [-0.1, -0.05) is 0 Å². The Bertz CT molecular complexity index is 593. The van der Waals surface area contributed by atoms with E-state index in [2.05, 4.69) is 21.3 Å². The molecule has 16 nitrogen and oxygen atoms in total. The van der Waals surface area contributed by atoms with Crippen LogP contribution in [0.2, 0.25) is 0 Å². The van der Waals surface area contributed by atoms with Crippen LogP contribution in [0.3, 0.4) is 0 Å². The van der Waals surface area contributed by atoms with Gasteiger partial charge in [-0.05, 0) is 0 Å². The van der Waals surface area contributed by atoms with E-state index in [1.54, 1.807) is 19.6 Å². The van der Waals surface area contributed by atoms with E-state index >= 15 is 0 Å². The molecule has 8 N–H and O–H groups in total. The van der Waals surface area contributed by atoms with Gasteiger partial charge in [-0.3, -0.25) is 38.8 Å². The molecule has 0 spiro atoms. The molecule has 0 aromatic heterocycles. The Morgan fingerprint density at radius 3 is 0.650 bits per heavy atom. The van der Waals surface area contributed by atoms with Crippen LogP contribution in [0, 0.1) is 0 Å².